The van der Waals surface area contributed by atoms with Crippen LogP contribution in [-0.4, -0.2) is 37.8 Å². The van der Waals surface area contributed by atoms with Crippen LogP contribution in [0.2, 0.25) is 0 Å². The summed E-state index contributed by atoms with van der Waals surface area (Å²) in [5.41, 5.74) is 8.01. The standard InChI is InChI=1S/C14H22N2O2/c1-11-9-16(6-3-7-18-11)10-12-4-5-13(17-2)8-14(12)15/h4-5,8,11H,3,6-7,9-10,15H2,1-2H3. The zero-order valence-corrected chi connectivity index (χ0v) is 11.2. The number of rotatable bonds is 3. The maximum absolute atomic E-state index is 6.05. The summed E-state index contributed by atoms with van der Waals surface area (Å²) < 4.78 is 10.8. The van der Waals surface area contributed by atoms with E-state index in [9.17, 15) is 0 Å². The van der Waals surface area contributed by atoms with E-state index in [-0.39, 0.29) is 0 Å². The summed E-state index contributed by atoms with van der Waals surface area (Å²) in [6.45, 7) is 5.89. The molecule has 2 rings (SSSR count). The first-order valence-electron chi connectivity index (χ1n) is 6.45. The Morgan fingerprint density at radius 1 is 1.50 bits per heavy atom. The summed E-state index contributed by atoms with van der Waals surface area (Å²) in [7, 11) is 1.66. The van der Waals surface area contributed by atoms with Gasteiger partial charge >= 0.3 is 0 Å². The van der Waals surface area contributed by atoms with Crippen LogP contribution in [0.5, 0.6) is 5.75 Å². The van der Waals surface area contributed by atoms with Crippen LogP contribution >= 0.6 is 0 Å². The minimum atomic E-state index is 0.298. The lowest BCUT2D eigenvalue weighted by molar-refractivity contribution is 0.0668. The molecule has 0 aliphatic carbocycles. The minimum Gasteiger partial charge on any atom is -0.497 e. The summed E-state index contributed by atoms with van der Waals surface area (Å²) in [4.78, 5) is 2.40. The van der Waals surface area contributed by atoms with E-state index < -0.39 is 0 Å². The van der Waals surface area contributed by atoms with E-state index in [1.807, 2.05) is 18.2 Å². The van der Waals surface area contributed by atoms with Crippen molar-refractivity contribution >= 4 is 5.69 Å². The van der Waals surface area contributed by atoms with Crippen LogP contribution in [0.15, 0.2) is 18.2 Å². The Labute approximate surface area is 109 Å². The second-order valence-corrected chi connectivity index (χ2v) is 4.83. The Kier molecular flexibility index (Phi) is 4.44. The van der Waals surface area contributed by atoms with Gasteiger partial charge in [-0.3, -0.25) is 4.90 Å². The van der Waals surface area contributed by atoms with Crippen molar-refractivity contribution in [2.45, 2.75) is 26.0 Å². The molecule has 1 atom stereocenters. The summed E-state index contributed by atoms with van der Waals surface area (Å²) in [5.74, 6) is 0.809. The highest BCUT2D eigenvalue weighted by Crippen LogP contribution is 2.21. The average Bonchev–Trinajstić information content (AvgIpc) is 2.56. The van der Waals surface area contributed by atoms with Crippen molar-refractivity contribution < 1.29 is 9.47 Å². The average molecular weight is 250 g/mol. The Bertz CT molecular complexity index is 395. The third kappa shape index (κ3) is 3.37. The Morgan fingerprint density at radius 3 is 3.06 bits per heavy atom. The molecule has 1 aliphatic heterocycles. The van der Waals surface area contributed by atoms with Crippen molar-refractivity contribution in [1.82, 2.24) is 4.90 Å². The quantitative estimate of drug-likeness (QED) is 0.832. The van der Waals surface area contributed by atoms with Crippen molar-refractivity contribution in [3.05, 3.63) is 23.8 Å². The van der Waals surface area contributed by atoms with Crippen LogP contribution in [0.3, 0.4) is 0 Å². The molecule has 0 amide bonds. The van der Waals surface area contributed by atoms with Gasteiger partial charge in [0.2, 0.25) is 0 Å². The first-order valence-corrected chi connectivity index (χ1v) is 6.45. The smallest absolute Gasteiger partial charge is 0.120 e. The molecule has 1 saturated heterocycles. The molecule has 0 bridgehead atoms. The number of nitrogen functional groups attached to an aromatic ring is 1. The molecule has 1 heterocycles. The summed E-state index contributed by atoms with van der Waals surface area (Å²) in [6.07, 6.45) is 1.38. The molecule has 0 spiro atoms. The number of hydrogen-bond donors (Lipinski definition) is 1. The number of hydrogen-bond acceptors (Lipinski definition) is 4. The maximum atomic E-state index is 6.05. The normalized spacial score (nSPS) is 21.6. The summed E-state index contributed by atoms with van der Waals surface area (Å²) in [6, 6.07) is 5.89. The predicted molar refractivity (Wildman–Crippen MR) is 72.7 cm³/mol. The molecule has 1 aromatic rings. The predicted octanol–water partition coefficient (Wildman–Crippen LogP) is 1.89. The Morgan fingerprint density at radius 2 is 2.33 bits per heavy atom. The summed E-state index contributed by atoms with van der Waals surface area (Å²) >= 11 is 0. The van der Waals surface area contributed by atoms with E-state index in [1.54, 1.807) is 7.11 Å². The molecule has 1 unspecified atom stereocenters. The zero-order valence-electron chi connectivity index (χ0n) is 11.2. The largest absolute Gasteiger partial charge is 0.497 e. The fourth-order valence-electron chi connectivity index (χ4n) is 2.31. The highest BCUT2D eigenvalue weighted by Gasteiger charge is 2.16. The van der Waals surface area contributed by atoms with Crippen molar-refractivity contribution in [3.8, 4) is 5.75 Å². The van der Waals surface area contributed by atoms with Gasteiger partial charge in [-0.05, 0) is 25.0 Å². The number of benzene rings is 1. The minimum absolute atomic E-state index is 0.298. The Balaban J connectivity index is 2.03. The van der Waals surface area contributed by atoms with Gasteiger partial charge in [0.15, 0.2) is 0 Å². The molecule has 0 saturated carbocycles. The molecular weight excluding hydrogens is 228 g/mol. The van der Waals surface area contributed by atoms with Crippen molar-refractivity contribution in [3.63, 3.8) is 0 Å². The van der Waals surface area contributed by atoms with Crippen LogP contribution in [0, 0.1) is 0 Å². The van der Waals surface area contributed by atoms with E-state index in [0.29, 0.717) is 6.10 Å². The number of nitrogens with two attached hydrogens (primary N) is 1. The number of anilines is 1. The van der Waals surface area contributed by atoms with E-state index in [0.717, 1.165) is 49.7 Å². The molecule has 18 heavy (non-hydrogen) atoms. The van der Waals surface area contributed by atoms with E-state index in [1.165, 1.54) is 0 Å². The topological polar surface area (TPSA) is 47.7 Å². The molecule has 0 aromatic heterocycles. The highest BCUT2D eigenvalue weighted by atomic mass is 16.5. The van der Waals surface area contributed by atoms with E-state index in [4.69, 9.17) is 15.2 Å². The lowest BCUT2D eigenvalue weighted by atomic mass is 10.1. The molecule has 4 heteroatoms. The van der Waals surface area contributed by atoms with Gasteiger partial charge in [-0.15, -0.1) is 0 Å². The van der Waals surface area contributed by atoms with Crippen LogP contribution in [-0.2, 0) is 11.3 Å². The molecule has 1 aromatic carbocycles. The third-order valence-corrected chi connectivity index (χ3v) is 3.28. The van der Waals surface area contributed by atoms with Gasteiger partial charge in [-0.1, -0.05) is 6.07 Å². The molecule has 1 fully saturated rings. The number of methoxy groups -OCH3 is 1. The molecule has 1 aliphatic rings. The molecule has 0 radical (unpaired) electrons. The van der Waals surface area contributed by atoms with Crippen LogP contribution in [0.1, 0.15) is 18.9 Å². The summed E-state index contributed by atoms with van der Waals surface area (Å²) in [5, 5.41) is 0. The SMILES string of the molecule is COc1ccc(CN2CCCOC(C)C2)c(N)c1. The van der Waals surface area contributed by atoms with Crippen LogP contribution in [0.25, 0.3) is 0 Å². The van der Waals surface area contributed by atoms with E-state index in [2.05, 4.69) is 11.8 Å². The van der Waals surface area contributed by atoms with Crippen LogP contribution in [0.4, 0.5) is 5.69 Å². The maximum Gasteiger partial charge on any atom is 0.120 e. The van der Waals surface area contributed by atoms with Gasteiger partial charge < -0.3 is 15.2 Å². The van der Waals surface area contributed by atoms with E-state index >= 15 is 0 Å². The van der Waals surface area contributed by atoms with Crippen LogP contribution < -0.4 is 10.5 Å². The van der Waals surface area contributed by atoms with Crippen molar-refractivity contribution in [2.24, 2.45) is 0 Å². The lowest BCUT2D eigenvalue weighted by Crippen LogP contribution is -2.30. The fourth-order valence-corrected chi connectivity index (χ4v) is 2.31. The van der Waals surface area contributed by atoms with Gasteiger partial charge in [0, 0.05) is 38.0 Å². The highest BCUT2D eigenvalue weighted by molar-refractivity contribution is 5.51. The van der Waals surface area contributed by atoms with Gasteiger partial charge in [-0.25, -0.2) is 0 Å². The first-order chi connectivity index (χ1) is 8.69. The van der Waals surface area contributed by atoms with Gasteiger partial charge in [0.1, 0.15) is 5.75 Å². The first kappa shape index (κ1) is 13.2. The molecule has 100 valence electrons. The fraction of sp³-hybridized carbons (Fsp3) is 0.571. The molecule has 2 N–H and O–H groups in total. The lowest BCUT2D eigenvalue weighted by Gasteiger charge is -2.22. The number of ether oxygens (including phenoxy) is 2. The van der Waals surface area contributed by atoms with Gasteiger partial charge in [-0.2, -0.15) is 0 Å². The Hall–Kier alpha value is -1.26. The molecule has 4 nitrogen and oxygen atoms in total. The second-order valence-electron chi connectivity index (χ2n) is 4.83. The van der Waals surface area contributed by atoms with Gasteiger partial charge in [0.25, 0.3) is 0 Å². The monoisotopic (exact) mass is 250 g/mol. The second kappa shape index (κ2) is 6.07. The van der Waals surface area contributed by atoms with Crippen molar-refractivity contribution in [1.29, 1.82) is 0 Å². The van der Waals surface area contributed by atoms with Gasteiger partial charge in [0.05, 0.1) is 13.2 Å². The van der Waals surface area contributed by atoms with Crippen molar-refractivity contribution in [2.75, 3.05) is 32.5 Å². The number of nitrogens with zero attached hydrogens (tertiary/aromatic N) is 1. The molecular formula is C14H22N2O2. The third-order valence-electron chi connectivity index (χ3n) is 3.28. The zero-order chi connectivity index (χ0) is 13.0.